The van der Waals surface area contributed by atoms with E-state index in [1.165, 1.54) is 4.88 Å². The number of thiazole rings is 1. The van der Waals surface area contributed by atoms with Gasteiger partial charge in [-0.1, -0.05) is 52.0 Å². The van der Waals surface area contributed by atoms with Gasteiger partial charge in [-0.15, -0.1) is 11.3 Å². The van der Waals surface area contributed by atoms with Gasteiger partial charge in [0.2, 0.25) is 11.8 Å². The lowest BCUT2D eigenvalue weighted by Crippen LogP contribution is -2.56. The van der Waals surface area contributed by atoms with Crippen molar-refractivity contribution in [2.45, 2.75) is 66.1 Å². The third kappa shape index (κ3) is 5.52. The van der Waals surface area contributed by atoms with Gasteiger partial charge in [0.25, 0.3) is 0 Å². The maximum atomic E-state index is 13.2. The molecule has 1 aromatic heterocycles. The van der Waals surface area contributed by atoms with Crippen molar-refractivity contribution in [3.05, 3.63) is 41.0 Å². The topological polar surface area (TPSA) is 74.3 Å². The summed E-state index contributed by atoms with van der Waals surface area (Å²) in [5.41, 5.74) is 4.85. The van der Waals surface area contributed by atoms with Gasteiger partial charge >= 0.3 is 0 Å². The minimum Gasteiger partial charge on any atom is -0.350 e. The van der Waals surface area contributed by atoms with E-state index in [4.69, 9.17) is 0 Å². The Morgan fingerprint density at radius 2 is 1.97 bits per heavy atom. The van der Waals surface area contributed by atoms with E-state index in [1.807, 2.05) is 31.5 Å². The lowest BCUT2D eigenvalue weighted by atomic mass is 9.85. The zero-order valence-corrected chi connectivity index (χ0v) is 20.0. The SMILES string of the molecule is CCN[C@H](C(=O)N1CCC[C@H]1C(=O)NCc1ccc(-c2scnc2C)cc1)C(C)(C)C. The van der Waals surface area contributed by atoms with Gasteiger partial charge in [0.05, 0.1) is 22.1 Å². The molecule has 0 unspecified atom stereocenters. The van der Waals surface area contributed by atoms with E-state index in [1.54, 1.807) is 16.2 Å². The number of aromatic nitrogens is 1. The van der Waals surface area contributed by atoms with E-state index in [-0.39, 0.29) is 23.3 Å². The van der Waals surface area contributed by atoms with Crippen LogP contribution in [0, 0.1) is 12.3 Å². The second-order valence-electron chi connectivity index (χ2n) is 9.23. The van der Waals surface area contributed by atoms with Crippen LogP contribution in [0.3, 0.4) is 0 Å². The number of likely N-dealkylation sites (N-methyl/N-ethyl adjacent to an activating group) is 1. The minimum absolute atomic E-state index is 0.0243. The van der Waals surface area contributed by atoms with Crippen LogP contribution in [0.15, 0.2) is 29.8 Å². The summed E-state index contributed by atoms with van der Waals surface area (Å²) in [7, 11) is 0. The van der Waals surface area contributed by atoms with Crippen LogP contribution in [0.25, 0.3) is 10.4 Å². The number of benzene rings is 1. The number of aryl methyl sites for hydroxylation is 1. The van der Waals surface area contributed by atoms with E-state index in [0.29, 0.717) is 19.5 Å². The summed E-state index contributed by atoms with van der Waals surface area (Å²) < 4.78 is 0. The third-order valence-corrected chi connectivity index (χ3v) is 6.77. The number of nitrogens with one attached hydrogen (secondary N) is 2. The molecule has 1 fully saturated rings. The van der Waals surface area contributed by atoms with Gasteiger partial charge in [0.15, 0.2) is 0 Å². The molecule has 2 atom stereocenters. The number of carbonyl (C=O) groups excluding carboxylic acids is 2. The van der Waals surface area contributed by atoms with Gasteiger partial charge in [-0.25, -0.2) is 4.98 Å². The molecule has 7 heteroatoms. The van der Waals surface area contributed by atoms with E-state index < -0.39 is 6.04 Å². The van der Waals surface area contributed by atoms with Crippen molar-refractivity contribution in [3.8, 4) is 10.4 Å². The quantitative estimate of drug-likeness (QED) is 0.685. The van der Waals surface area contributed by atoms with Crippen molar-refractivity contribution in [2.24, 2.45) is 5.41 Å². The molecule has 0 bridgehead atoms. The van der Waals surface area contributed by atoms with Crippen molar-refractivity contribution < 1.29 is 9.59 Å². The first kappa shape index (κ1) is 23.4. The summed E-state index contributed by atoms with van der Waals surface area (Å²) in [5, 5.41) is 6.35. The fourth-order valence-corrected chi connectivity index (χ4v) is 4.91. The van der Waals surface area contributed by atoms with E-state index in [9.17, 15) is 9.59 Å². The molecule has 0 saturated carbocycles. The second kappa shape index (κ2) is 9.92. The highest BCUT2D eigenvalue weighted by Gasteiger charge is 2.40. The van der Waals surface area contributed by atoms with Crippen molar-refractivity contribution in [3.63, 3.8) is 0 Å². The molecule has 3 rings (SSSR count). The summed E-state index contributed by atoms with van der Waals surface area (Å²) in [6.45, 7) is 12.0. The zero-order chi connectivity index (χ0) is 22.6. The van der Waals surface area contributed by atoms with Crippen LogP contribution >= 0.6 is 11.3 Å². The second-order valence-corrected chi connectivity index (χ2v) is 10.1. The molecule has 1 saturated heterocycles. The Kier molecular flexibility index (Phi) is 7.49. The highest BCUT2D eigenvalue weighted by molar-refractivity contribution is 7.13. The minimum atomic E-state index is -0.393. The fourth-order valence-electron chi connectivity index (χ4n) is 4.10. The maximum Gasteiger partial charge on any atom is 0.243 e. The Labute approximate surface area is 189 Å². The molecule has 2 amide bonds. The molecular formula is C24H34N4O2S. The molecule has 1 aliphatic heterocycles. The van der Waals surface area contributed by atoms with E-state index in [0.717, 1.165) is 29.8 Å². The predicted molar refractivity (Wildman–Crippen MR) is 126 cm³/mol. The molecule has 6 nitrogen and oxygen atoms in total. The molecular weight excluding hydrogens is 408 g/mol. The van der Waals surface area contributed by atoms with Crippen LogP contribution in [0.2, 0.25) is 0 Å². The van der Waals surface area contributed by atoms with Gasteiger partial charge in [0, 0.05) is 13.1 Å². The number of hydrogen-bond acceptors (Lipinski definition) is 5. The van der Waals surface area contributed by atoms with Gasteiger partial charge in [-0.05, 0) is 42.9 Å². The van der Waals surface area contributed by atoms with E-state index in [2.05, 4.69) is 48.5 Å². The standard InChI is InChI=1S/C24H34N4O2S/c1-6-25-21(24(3,4)5)23(30)28-13-7-8-19(28)22(29)26-14-17-9-11-18(12-10-17)20-16(2)27-15-31-20/h9-12,15,19,21,25H,6-8,13-14H2,1-5H3,(H,26,29)/t19-,21+/m0/s1. The molecule has 31 heavy (non-hydrogen) atoms. The number of hydrogen-bond donors (Lipinski definition) is 2. The summed E-state index contributed by atoms with van der Waals surface area (Å²) in [6.07, 6.45) is 1.57. The first-order valence-electron chi connectivity index (χ1n) is 11.0. The molecule has 0 aliphatic carbocycles. The molecule has 1 aromatic carbocycles. The molecule has 0 radical (unpaired) electrons. The Morgan fingerprint density at radius 1 is 1.26 bits per heavy atom. The summed E-state index contributed by atoms with van der Waals surface area (Å²) in [6, 6.07) is 7.51. The summed E-state index contributed by atoms with van der Waals surface area (Å²) in [5.74, 6) is -0.0475. The van der Waals surface area contributed by atoms with Crippen LogP contribution < -0.4 is 10.6 Å². The van der Waals surface area contributed by atoms with Crippen LogP contribution in [0.1, 0.15) is 51.8 Å². The Morgan fingerprint density at radius 3 is 2.55 bits per heavy atom. The monoisotopic (exact) mass is 442 g/mol. The third-order valence-electron chi connectivity index (χ3n) is 5.79. The number of likely N-dealkylation sites (tertiary alicyclic amines) is 1. The first-order valence-corrected chi connectivity index (χ1v) is 11.9. The highest BCUT2D eigenvalue weighted by Crippen LogP contribution is 2.28. The fraction of sp³-hybridized carbons (Fsp3) is 0.542. The number of carbonyl (C=O) groups is 2. The van der Waals surface area contributed by atoms with Gasteiger partial charge in [-0.3, -0.25) is 9.59 Å². The average molecular weight is 443 g/mol. The largest absolute Gasteiger partial charge is 0.350 e. The van der Waals surface area contributed by atoms with Gasteiger partial charge < -0.3 is 15.5 Å². The Hall–Kier alpha value is -2.25. The van der Waals surface area contributed by atoms with Crippen molar-refractivity contribution in [2.75, 3.05) is 13.1 Å². The smallest absolute Gasteiger partial charge is 0.243 e. The molecule has 0 spiro atoms. The van der Waals surface area contributed by atoms with Crippen molar-refractivity contribution >= 4 is 23.2 Å². The Bertz CT molecular complexity index is 901. The Balaban J connectivity index is 1.62. The average Bonchev–Trinajstić information content (AvgIpc) is 3.38. The highest BCUT2D eigenvalue weighted by atomic mass is 32.1. The molecule has 2 heterocycles. The number of rotatable bonds is 7. The van der Waals surface area contributed by atoms with Crippen LogP contribution in [0.4, 0.5) is 0 Å². The van der Waals surface area contributed by atoms with Crippen LogP contribution in [-0.4, -0.2) is 46.9 Å². The maximum absolute atomic E-state index is 13.2. The molecule has 2 aromatic rings. The lowest BCUT2D eigenvalue weighted by molar-refractivity contribution is -0.142. The first-order chi connectivity index (χ1) is 14.7. The molecule has 168 valence electrons. The van der Waals surface area contributed by atoms with Crippen LogP contribution in [-0.2, 0) is 16.1 Å². The van der Waals surface area contributed by atoms with Crippen molar-refractivity contribution in [1.82, 2.24) is 20.5 Å². The van der Waals surface area contributed by atoms with Crippen LogP contribution in [0.5, 0.6) is 0 Å². The number of amides is 2. The van der Waals surface area contributed by atoms with E-state index >= 15 is 0 Å². The zero-order valence-electron chi connectivity index (χ0n) is 19.2. The molecule has 1 aliphatic rings. The summed E-state index contributed by atoms with van der Waals surface area (Å²) >= 11 is 1.63. The number of nitrogens with zero attached hydrogens (tertiary/aromatic N) is 2. The lowest BCUT2D eigenvalue weighted by Gasteiger charge is -2.35. The van der Waals surface area contributed by atoms with Gasteiger partial charge in [0.1, 0.15) is 6.04 Å². The summed E-state index contributed by atoms with van der Waals surface area (Å²) in [4.78, 5) is 33.4. The predicted octanol–water partition coefficient (Wildman–Crippen LogP) is 3.75. The normalized spacial score (nSPS) is 17.6. The van der Waals surface area contributed by atoms with Crippen molar-refractivity contribution in [1.29, 1.82) is 0 Å². The van der Waals surface area contributed by atoms with Gasteiger partial charge in [-0.2, -0.15) is 0 Å². The molecule has 2 N–H and O–H groups in total.